The molecule has 0 aliphatic carbocycles. The second-order valence-corrected chi connectivity index (χ2v) is 2.52. The van der Waals surface area contributed by atoms with Crippen LogP contribution in [0.25, 0.3) is 0 Å². The first-order valence-electron chi connectivity index (χ1n) is 3.51. The number of esters is 1. The van der Waals surface area contributed by atoms with E-state index < -0.39 is 6.04 Å². The van der Waals surface area contributed by atoms with Crippen molar-refractivity contribution in [2.45, 2.75) is 26.8 Å². The fraction of sp³-hybridized carbons (Fsp3) is 0.857. The zero-order valence-corrected chi connectivity index (χ0v) is 6.76. The van der Waals surface area contributed by atoms with Gasteiger partial charge in [-0.2, -0.15) is 0 Å². The Bertz CT molecular complexity index is 117. The fourth-order valence-electron chi connectivity index (χ4n) is 0.511. The van der Waals surface area contributed by atoms with Gasteiger partial charge in [-0.1, -0.05) is 13.8 Å². The van der Waals surface area contributed by atoms with Gasteiger partial charge in [-0.05, 0) is 12.8 Å². The van der Waals surface area contributed by atoms with E-state index in [2.05, 4.69) is 0 Å². The van der Waals surface area contributed by atoms with Crippen molar-refractivity contribution in [3.8, 4) is 0 Å². The zero-order chi connectivity index (χ0) is 8.15. The van der Waals surface area contributed by atoms with Crippen LogP contribution in [0.2, 0.25) is 0 Å². The number of carbonyl (C=O) groups is 1. The normalized spacial score (nSPS) is 12.1. The number of hydrogen-bond donors (Lipinski definition) is 1. The van der Waals surface area contributed by atoms with Crippen LogP contribution in [0.3, 0.4) is 0 Å². The minimum absolute atomic E-state index is 0. The summed E-state index contributed by atoms with van der Waals surface area (Å²) in [6.07, 6.45) is 0. The number of ether oxygens (including phenoxy) is 1. The predicted molar refractivity (Wildman–Crippen MR) is 46.6 cm³/mol. The van der Waals surface area contributed by atoms with E-state index in [4.69, 9.17) is 10.5 Å². The fourth-order valence-corrected chi connectivity index (χ4v) is 0.511. The summed E-state index contributed by atoms with van der Waals surface area (Å²) < 4.78 is 4.70. The molecule has 0 aliphatic heterocycles. The second-order valence-electron chi connectivity index (χ2n) is 2.52. The van der Waals surface area contributed by atoms with Crippen LogP contribution in [0, 0.1) is 5.92 Å². The third-order valence-electron chi connectivity index (χ3n) is 1.28. The molecule has 0 aromatic rings. The van der Waals surface area contributed by atoms with Gasteiger partial charge in [0.25, 0.3) is 0 Å². The van der Waals surface area contributed by atoms with Gasteiger partial charge >= 0.3 is 24.8 Å². The van der Waals surface area contributed by atoms with Crippen molar-refractivity contribution in [1.29, 1.82) is 0 Å². The average Bonchev–Trinajstić information content (AvgIpc) is 1.87. The molecule has 0 amide bonds. The number of rotatable bonds is 3. The van der Waals surface area contributed by atoms with E-state index in [1.54, 1.807) is 6.92 Å². The molecular weight excluding hydrogens is 137 g/mol. The summed E-state index contributed by atoms with van der Waals surface area (Å²) in [6.45, 7) is 5.95. The number of nitrogens with two attached hydrogens (primary N) is 1. The molecule has 0 bridgehead atoms. The molecule has 2 N–H and O–H groups in total. The molecule has 1 atom stereocenters. The molecule has 0 spiro atoms. The third kappa shape index (κ3) is 5.31. The van der Waals surface area contributed by atoms with Gasteiger partial charge in [-0.15, -0.1) is 0 Å². The monoisotopic (exact) mass is 153 g/mol. The topological polar surface area (TPSA) is 52.3 Å². The van der Waals surface area contributed by atoms with Gasteiger partial charge in [-0.3, -0.25) is 4.79 Å². The van der Waals surface area contributed by atoms with Crippen LogP contribution in [0.4, 0.5) is 0 Å². The summed E-state index contributed by atoms with van der Waals surface area (Å²) >= 11 is 0. The maximum absolute atomic E-state index is 10.8. The molecule has 11 heavy (non-hydrogen) atoms. The van der Waals surface area contributed by atoms with Crippen LogP contribution in [0.5, 0.6) is 0 Å². The average molecular weight is 153 g/mol. The molecule has 4 heteroatoms. The maximum atomic E-state index is 10.8. The van der Waals surface area contributed by atoms with Crippen LogP contribution in [0.15, 0.2) is 0 Å². The van der Waals surface area contributed by atoms with Crippen molar-refractivity contribution in [2.24, 2.45) is 11.7 Å². The minimum atomic E-state index is -0.472. The van der Waals surface area contributed by atoms with Gasteiger partial charge in [0.1, 0.15) is 6.04 Å². The second kappa shape index (κ2) is 6.72. The van der Waals surface area contributed by atoms with E-state index in [-0.39, 0.29) is 30.7 Å². The van der Waals surface area contributed by atoms with E-state index in [1.165, 1.54) is 0 Å². The van der Waals surface area contributed by atoms with Gasteiger partial charge < -0.3 is 10.5 Å². The Labute approximate surface area is 79.8 Å². The third-order valence-corrected chi connectivity index (χ3v) is 1.28. The molecule has 0 fully saturated rings. The summed E-state index contributed by atoms with van der Waals surface area (Å²) in [5.74, 6) is -0.156. The molecule has 0 heterocycles. The van der Waals surface area contributed by atoms with Gasteiger partial charge in [0.15, 0.2) is 0 Å². The molecule has 0 saturated heterocycles. The molecule has 3 nitrogen and oxygen atoms in total. The first-order valence-corrected chi connectivity index (χ1v) is 3.51. The molecular formula is C7H16LiNO2. The van der Waals surface area contributed by atoms with Crippen molar-refractivity contribution < 1.29 is 9.53 Å². The Hall–Kier alpha value is 0.0274. The SMILES string of the molecule is CCOC(=O)[C@@H](N)C(C)C.[LiH]. The van der Waals surface area contributed by atoms with Gasteiger partial charge in [-0.25, -0.2) is 0 Å². The standard InChI is InChI=1S/C7H15NO2.Li.H/c1-4-10-7(9)6(8)5(2)3;;/h5-6H,4,8H2,1-3H3;;/t6-;;/m0../s1. The molecule has 0 radical (unpaired) electrons. The summed E-state index contributed by atoms with van der Waals surface area (Å²) in [4.78, 5) is 10.8. The van der Waals surface area contributed by atoms with Crippen molar-refractivity contribution in [2.75, 3.05) is 6.61 Å². The van der Waals surface area contributed by atoms with Gasteiger partial charge in [0, 0.05) is 0 Å². The van der Waals surface area contributed by atoms with Crippen LogP contribution in [0.1, 0.15) is 20.8 Å². The van der Waals surface area contributed by atoms with E-state index in [1.807, 2.05) is 13.8 Å². The summed E-state index contributed by atoms with van der Waals surface area (Å²) in [6, 6.07) is -0.472. The van der Waals surface area contributed by atoms with E-state index >= 15 is 0 Å². The first-order chi connectivity index (χ1) is 4.59. The van der Waals surface area contributed by atoms with Crippen LogP contribution >= 0.6 is 0 Å². The van der Waals surface area contributed by atoms with Crippen LogP contribution < -0.4 is 5.73 Å². The van der Waals surface area contributed by atoms with Crippen LogP contribution in [-0.4, -0.2) is 37.5 Å². The van der Waals surface area contributed by atoms with Crippen molar-refractivity contribution in [1.82, 2.24) is 0 Å². The Morgan fingerprint density at radius 1 is 1.55 bits per heavy atom. The molecule has 62 valence electrons. The Kier molecular flexibility index (Phi) is 8.31. The molecule has 0 rings (SSSR count). The van der Waals surface area contributed by atoms with Crippen molar-refractivity contribution in [3.63, 3.8) is 0 Å². The molecule has 0 unspecified atom stereocenters. The van der Waals surface area contributed by atoms with E-state index in [9.17, 15) is 4.79 Å². The summed E-state index contributed by atoms with van der Waals surface area (Å²) in [5, 5.41) is 0. The molecule has 0 aromatic carbocycles. The Morgan fingerprint density at radius 3 is 2.27 bits per heavy atom. The van der Waals surface area contributed by atoms with Gasteiger partial charge in [0.2, 0.25) is 0 Å². The van der Waals surface area contributed by atoms with Gasteiger partial charge in [0.05, 0.1) is 6.61 Å². The Balaban J connectivity index is 0. The molecule has 0 saturated carbocycles. The van der Waals surface area contributed by atoms with E-state index in [0.717, 1.165) is 0 Å². The molecule has 0 aliphatic rings. The first kappa shape index (κ1) is 13.6. The zero-order valence-electron chi connectivity index (χ0n) is 6.76. The molecule has 0 aromatic heterocycles. The predicted octanol–water partition coefficient (Wildman–Crippen LogP) is -0.116. The van der Waals surface area contributed by atoms with Crippen LogP contribution in [-0.2, 0) is 9.53 Å². The summed E-state index contributed by atoms with van der Waals surface area (Å²) in [7, 11) is 0. The summed E-state index contributed by atoms with van der Waals surface area (Å²) in [5.41, 5.74) is 5.47. The Morgan fingerprint density at radius 2 is 2.00 bits per heavy atom. The quantitative estimate of drug-likeness (QED) is 0.454. The van der Waals surface area contributed by atoms with Crippen molar-refractivity contribution >= 4 is 24.8 Å². The van der Waals surface area contributed by atoms with E-state index in [0.29, 0.717) is 6.61 Å². The van der Waals surface area contributed by atoms with Crippen molar-refractivity contribution in [3.05, 3.63) is 0 Å². The number of carbonyl (C=O) groups excluding carboxylic acids is 1. The number of hydrogen-bond acceptors (Lipinski definition) is 3.